The fourth-order valence-corrected chi connectivity index (χ4v) is 4.23. The first-order valence-corrected chi connectivity index (χ1v) is 7.00. The van der Waals surface area contributed by atoms with E-state index >= 15 is 0 Å². The van der Waals surface area contributed by atoms with Crippen molar-refractivity contribution in [1.82, 2.24) is 5.16 Å². The van der Waals surface area contributed by atoms with Crippen molar-refractivity contribution in [3.05, 3.63) is 34.7 Å². The van der Waals surface area contributed by atoms with Gasteiger partial charge in [0.1, 0.15) is 0 Å². The van der Waals surface area contributed by atoms with E-state index in [9.17, 15) is 0 Å². The highest BCUT2D eigenvalue weighted by molar-refractivity contribution is 14.2. The van der Waals surface area contributed by atoms with E-state index in [1.54, 1.807) is 0 Å². The average molecular weight is 299 g/mol. The zero-order valence-corrected chi connectivity index (χ0v) is 10.0. The van der Waals surface area contributed by atoms with Gasteiger partial charge in [0.05, 0.1) is 9.27 Å². The Bertz CT molecular complexity index is 479. The van der Waals surface area contributed by atoms with Gasteiger partial charge in [0.25, 0.3) is 0 Å². The van der Waals surface area contributed by atoms with Crippen LogP contribution >= 0.6 is 20.7 Å². The molecule has 2 aliphatic rings. The lowest BCUT2D eigenvalue weighted by molar-refractivity contribution is 0.406. The Hall–Kier alpha value is -0.710. The first-order valence-electron chi connectivity index (χ1n) is 4.68. The summed E-state index contributed by atoms with van der Waals surface area (Å²) in [4.78, 5) is 0. The minimum Gasteiger partial charge on any atom is -0.355 e. The van der Waals surface area contributed by atoms with Gasteiger partial charge in [-0.3, -0.25) is 0 Å². The molecule has 0 N–H and O–H groups in total. The van der Waals surface area contributed by atoms with Crippen LogP contribution in [0.15, 0.2) is 22.2 Å². The van der Waals surface area contributed by atoms with Crippen molar-refractivity contribution in [2.45, 2.75) is 19.8 Å². The zero-order valence-electron chi connectivity index (χ0n) is 7.88. The number of aromatic nitrogens is 1. The van der Waals surface area contributed by atoms with Gasteiger partial charge < -0.3 is 4.52 Å². The second kappa shape index (κ2) is 3.15. The number of aryl methyl sites for hydroxylation is 1. The standard InChI is InChI=1S/C11H10INO/c1-7-9-5-4-8-3-2-6-12-10(8)11(9)14-13-7/h2-3,6H,4-5H2,1H3. The molecule has 2 heterocycles. The Balaban J connectivity index is 2.24. The van der Waals surface area contributed by atoms with Gasteiger partial charge in [0.15, 0.2) is 5.76 Å². The minimum atomic E-state index is 0.0118. The van der Waals surface area contributed by atoms with Crippen LogP contribution in [0.25, 0.3) is 3.58 Å². The SMILES string of the molecule is Cc1noc2c1CCC1=C2I=CC=C1. The molecule has 0 saturated carbocycles. The molecule has 0 unspecified atom stereocenters. The van der Waals surface area contributed by atoms with Gasteiger partial charge in [0.2, 0.25) is 0 Å². The van der Waals surface area contributed by atoms with Crippen LogP contribution in [-0.2, 0) is 6.42 Å². The Kier molecular flexibility index (Phi) is 1.93. The summed E-state index contributed by atoms with van der Waals surface area (Å²) in [6.45, 7) is 2.04. The number of hydrogen-bond acceptors (Lipinski definition) is 2. The number of nitrogens with zero attached hydrogens (tertiary/aromatic N) is 1. The third-order valence-electron chi connectivity index (χ3n) is 2.65. The van der Waals surface area contributed by atoms with Gasteiger partial charge in [-0.05, 0) is 29.4 Å². The van der Waals surface area contributed by atoms with Gasteiger partial charge in [0, 0.05) is 5.56 Å². The Morgan fingerprint density at radius 2 is 2.36 bits per heavy atom. The van der Waals surface area contributed by atoms with Crippen LogP contribution in [0.5, 0.6) is 0 Å². The molecule has 14 heavy (non-hydrogen) atoms. The maximum absolute atomic E-state index is 5.42. The molecule has 0 bridgehead atoms. The molecule has 1 aliphatic heterocycles. The van der Waals surface area contributed by atoms with Crippen molar-refractivity contribution in [3.8, 4) is 0 Å². The molecule has 1 aliphatic carbocycles. The van der Waals surface area contributed by atoms with Gasteiger partial charge >= 0.3 is 0 Å². The molecule has 0 spiro atoms. The topological polar surface area (TPSA) is 26.0 Å². The first kappa shape index (κ1) is 8.59. The maximum Gasteiger partial charge on any atom is 0.176 e. The summed E-state index contributed by atoms with van der Waals surface area (Å²) in [5, 5.41) is 4.06. The molecule has 0 saturated heterocycles. The predicted molar refractivity (Wildman–Crippen MR) is 65.7 cm³/mol. The van der Waals surface area contributed by atoms with E-state index in [0.717, 1.165) is 24.3 Å². The van der Waals surface area contributed by atoms with E-state index < -0.39 is 0 Å². The molecular weight excluding hydrogens is 289 g/mol. The molecule has 0 amide bonds. The largest absolute Gasteiger partial charge is 0.355 e. The Labute approximate surface area is 92.4 Å². The molecule has 0 atom stereocenters. The van der Waals surface area contributed by atoms with Crippen LogP contribution in [0.1, 0.15) is 23.4 Å². The quantitative estimate of drug-likeness (QED) is 0.688. The van der Waals surface area contributed by atoms with Gasteiger partial charge in [-0.1, -0.05) is 38.0 Å². The monoisotopic (exact) mass is 299 g/mol. The smallest absolute Gasteiger partial charge is 0.176 e. The highest BCUT2D eigenvalue weighted by atomic mass is 127. The normalized spacial score (nSPS) is 18.9. The van der Waals surface area contributed by atoms with Crippen LogP contribution < -0.4 is 0 Å². The molecule has 0 aromatic carbocycles. The average Bonchev–Trinajstić information content (AvgIpc) is 2.61. The summed E-state index contributed by atoms with van der Waals surface area (Å²) in [7, 11) is 0. The van der Waals surface area contributed by atoms with Crippen molar-refractivity contribution in [3.63, 3.8) is 0 Å². The molecular formula is C11H10INO. The number of halogens is 1. The van der Waals surface area contributed by atoms with Crippen LogP contribution in [-0.4, -0.2) is 9.17 Å². The van der Waals surface area contributed by atoms with E-state index in [2.05, 4.69) is 21.3 Å². The first-order chi connectivity index (χ1) is 6.86. The number of fused-ring (bicyclic) bond motifs is 2. The second-order valence-electron chi connectivity index (χ2n) is 3.51. The third kappa shape index (κ3) is 1.15. The molecule has 1 aromatic heterocycles. The fraction of sp³-hybridized carbons (Fsp3) is 0.273. The van der Waals surface area contributed by atoms with E-state index in [0.29, 0.717) is 0 Å². The lowest BCUT2D eigenvalue weighted by Gasteiger charge is -2.15. The van der Waals surface area contributed by atoms with E-state index in [1.807, 2.05) is 6.92 Å². The molecule has 0 fully saturated rings. The van der Waals surface area contributed by atoms with Crippen LogP contribution in [0.3, 0.4) is 0 Å². The lowest BCUT2D eigenvalue weighted by atomic mass is 9.96. The summed E-state index contributed by atoms with van der Waals surface area (Å²) >= 11 is 0.0118. The van der Waals surface area contributed by atoms with Gasteiger partial charge in [-0.15, -0.1) is 0 Å². The molecule has 2 nitrogen and oxygen atoms in total. The van der Waals surface area contributed by atoms with Crippen molar-refractivity contribution in [2.75, 3.05) is 0 Å². The summed E-state index contributed by atoms with van der Waals surface area (Å²) in [5.41, 5.74) is 3.89. The highest BCUT2D eigenvalue weighted by Crippen LogP contribution is 2.41. The molecule has 1 aromatic rings. The molecule has 0 radical (unpaired) electrons. The maximum atomic E-state index is 5.42. The summed E-state index contributed by atoms with van der Waals surface area (Å²) in [5.74, 6) is 1.08. The summed E-state index contributed by atoms with van der Waals surface area (Å²) in [6.07, 6.45) is 6.66. The van der Waals surface area contributed by atoms with E-state index in [4.69, 9.17) is 4.52 Å². The zero-order chi connectivity index (χ0) is 9.54. The summed E-state index contributed by atoms with van der Waals surface area (Å²) < 4.78 is 9.16. The Morgan fingerprint density at radius 3 is 3.29 bits per heavy atom. The third-order valence-corrected chi connectivity index (χ3v) is 5.23. The van der Waals surface area contributed by atoms with E-state index in [1.165, 1.54) is 14.7 Å². The lowest BCUT2D eigenvalue weighted by Crippen LogP contribution is -2.01. The minimum absolute atomic E-state index is 0.0118. The number of hydrogen-bond donors (Lipinski definition) is 0. The van der Waals surface area contributed by atoms with Crippen LogP contribution in [0.2, 0.25) is 0 Å². The Morgan fingerprint density at radius 1 is 1.43 bits per heavy atom. The van der Waals surface area contributed by atoms with Crippen molar-refractivity contribution in [1.29, 1.82) is 0 Å². The van der Waals surface area contributed by atoms with Crippen LogP contribution in [0, 0.1) is 6.92 Å². The van der Waals surface area contributed by atoms with Crippen molar-refractivity contribution in [2.24, 2.45) is 0 Å². The highest BCUT2D eigenvalue weighted by Gasteiger charge is 2.23. The predicted octanol–water partition coefficient (Wildman–Crippen LogP) is 2.98. The molecule has 3 rings (SSSR count). The number of allylic oxidation sites excluding steroid dienone is 3. The van der Waals surface area contributed by atoms with Crippen molar-refractivity contribution >= 4 is 28.3 Å². The molecule has 72 valence electrons. The van der Waals surface area contributed by atoms with Gasteiger partial charge in [-0.2, -0.15) is 0 Å². The van der Waals surface area contributed by atoms with Crippen LogP contribution in [0.4, 0.5) is 0 Å². The second-order valence-corrected chi connectivity index (χ2v) is 5.93. The van der Waals surface area contributed by atoms with Crippen molar-refractivity contribution < 1.29 is 4.52 Å². The fourth-order valence-electron chi connectivity index (χ4n) is 1.90. The number of rotatable bonds is 0. The van der Waals surface area contributed by atoms with E-state index in [-0.39, 0.29) is 20.7 Å². The molecule has 3 heteroatoms. The van der Waals surface area contributed by atoms with Gasteiger partial charge in [-0.25, -0.2) is 0 Å². The summed E-state index contributed by atoms with van der Waals surface area (Å²) in [6, 6.07) is 0.